The number of rotatable bonds is 3. The summed E-state index contributed by atoms with van der Waals surface area (Å²) in [6, 6.07) is 7.69. The molecule has 7 heteroatoms. The number of benzene rings is 1. The van der Waals surface area contributed by atoms with E-state index in [0.29, 0.717) is 16.8 Å². The molecule has 1 aromatic carbocycles. The molecule has 22 heavy (non-hydrogen) atoms. The number of carbonyl (C=O) groups is 1. The fourth-order valence-electron chi connectivity index (χ4n) is 2.30. The molecule has 112 valence electrons. The third-order valence-electron chi connectivity index (χ3n) is 3.27. The van der Waals surface area contributed by atoms with E-state index >= 15 is 0 Å². The number of nitrogens with zero attached hydrogens (tertiary/aromatic N) is 2. The zero-order valence-electron chi connectivity index (χ0n) is 11.9. The van der Waals surface area contributed by atoms with Crippen molar-refractivity contribution in [3.05, 3.63) is 40.6 Å². The van der Waals surface area contributed by atoms with Gasteiger partial charge in [-0.05, 0) is 17.7 Å². The van der Waals surface area contributed by atoms with Gasteiger partial charge in [-0.25, -0.2) is 9.78 Å². The lowest BCUT2D eigenvalue weighted by molar-refractivity contribution is 0.0596. The SMILES string of the molecule is COC(=O)c1n[nH]c2ncc(OC)c(-c3cccc(Br)c3)c12. The van der Waals surface area contributed by atoms with E-state index in [4.69, 9.17) is 9.47 Å². The maximum Gasteiger partial charge on any atom is 0.359 e. The molecule has 0 fully saturated rings. The summed E-state index contributed by atoms with van der Waals surface area (Å²) in [5.41, 5.74) is 2.29. The third kappa shape index (κ3) is 2.33. The summed E-state index contributed by atoms with van der Waals surface area (Å²) in [6.07, 6.45) is 1.60. The highest BCUT2D eigenvalue weighted by Crippen LogP contribution is 2.37. The van der Waals surface area contributed by atoms with Gasteiger partial charge in [0.1, 0.15) is 5.75 Å². The van der Waals surface area contributed by atoms with Crippen LogP contribution in [0.3, 0.4) is 0 Å². The summed E-state index contributed by atoms with van der Waals surface area (Å²) in [5.74, 6) is 0.0229. The fourth-order valence-corrected chi connectivity index (χ4v) is 2.70. The van der Waals surface area contributed by atoms with Crippen molar-refractivity contribution in [3.8, 4) is 16.9 Å². The van der Waals surface area contributed by atoms with Crippen molar-refractivity contribution >= 4 is 32.9 Å². The van der Waals surface area contributed by atoms with Crippen LogP contribution >= 0.6 is 15.9 Å². The molecule has 0 aliphatic heterocycles. The molecule has 0 amide bonds. The lowest BCUT2D eigenvalue weighted by Gasteiger charge is -2.10. The number of halogens is 1. The monoisotopic (exact) mass is 361 g/mol. The number of pyridine rings is 1. The Hall–Kier alpha value is -2.41. The smallest absolute Gasteiger partial charge is 0.359 e. The lowest BCUT2D eigenvalue weighted by atomic mass is 10.0. The van der Waals surface area contributed by atoms with Gasteiger partial charge >= 0.3 is 5.97 Å². The van der Waals surface area contributed by atoms with Gasteiger partial charge in [0.05, 0.1) is 25.8 Å². The molecule has 0 atom stereocenters. The molecule has 0 saturated heterocycles. The third-order valence-corrected chi connectivity index (χ3v) is 3.76. The van der Waals surface area contributed by atoms with Gasteiger partial charge in [0.15, 0.2) is 11.3 Å². The Morgan fingerprint density at radius 2 is 2.14 bits per heavy atom. The second kappa shape index (κ2) is 5.76. The highest BCUT2D eigenvalue weighted by Gasteiger charge is 2.22. The Kier molecular flexibility index (Phi) is 3.81. The molecular formula is C15H12BrN3O3. The molecule has 0 aliphatic rings. The van der Waals surface area contributed by atoms with Crippen LogP contribution in [0.2, 0.25) is 0 Å². The van der Waals surface area contributed by atoms with Crippen LogP contribution in [0.4, 0.5) is 0 Å². The minimum atomic E-state index is -0.530. The Balaban J connectivity index is 2.39. The molecule has 0 radical (unpaired) electrons. The minimum Gasteiger partial charge on any atom is -0.494 e. The molecule has 0 unspecified atom stereocenters. The summed E-state index contributed by atoms with van der Waals surface area (Å²) in [5, 5.41) is 7.34. The number of hydrogen-bond donors (Lipinski definition) is 1. The number of ether oxygens (including phenoxy) is 2. The number of aromatic amines is 1. The quantitative estimate of drug-likeness (QED) is 0.725. The average molecular weight is 362 g/mol. The predicted molar refractivity (Wildman–Crippen MR) is 84.9 cm³/mol. The first-order valence-electron chi connectivity index (χ1n) is 6.41. The van der Waals surface area contributed by atoms with Gasteiger partial charge in [-0.1, -0.05) is 28.1 Å². The van der Waals surface area contributed by atoms with E-state index in [1.54, 1.807) is 13.3 Å². The molecule has 0 saturated carbocycles. The topological polar surface area (TPSA) is 77.1 Å². The van der Waals surface area contributed by atoms with Gasteiger partial charge in [0.2, 0.25) is 0 Å². The first kappa shape index (κ1) is 14.5. The normalized spacial score (nSPS) is 10.7. The van der Waals surface area contributed by atoms with Crippen molar-refractivity contribution in [1.29, 1.82) is 0 Å². The van der Waals surface area contributed by atoms with Crippen molar-refractivity contribution in [2.24, 2.45) is 0 Å². The number of nitrogens with one attached hydrogen (secondary N) is 1. The maximum atomic E-state index is 12.0. The zero-order chi connectivity index (χ0) is 15.7. The Morgan fingerprint density at radius 1 is 1.32 bits per heavy atom. The van der Waals surface area contributed by atoms with E-state index < -0.39 is 5.97 Å². The van der Waals surface area contributed by atoms with Crippen LogP contribution in [0, 0.1) is 0 Å². The summed E-state index contributed by atoms with van der Waals surface area (Å²) in [4.78, 5) is 16.2. The van der Waals surface area contributed by atoms with Crippen LogP contribution < -0.4 is 4.74 Å². The van der Waals surface area contributed by atoms with Crippen LogP contribution in [-0.2, 0) is 4.74 Å². The molecule has 1 N–H and O–H groups in total. The Morgan fingerprint density at radius 3 is 2.82 bits per heavy atom. The standard InChI is InChI=1S/C15H12BrN3O3/c1-21-10-7-17-14-12(13(18-19-14)15(20)22-2)11(10)8-4-3-5-9(16)6-8/h3-7H,1-2H3,(H,17,18,19). The van der Waals surface area contributed by atoms with Crippen molar-refractivity contribution in [3.63, 3.8) is 0 Å². The van der Waals surface area contributed by atoms with E-state index in [9.17, 15) is 4.79 Å². The van der Waals surface area contributed by atoms with Crippen LogP contribution in [0.15, 0.2) is 34.9 Å². The molecule has 0 aliphatic carbocycles. The highest BCUT2D eigenvalue weighted by atomic mass is 79.9. The maximum absolute atomic E-state index is 12.0. The van der Waals surface area contributed by atoms with E-state index in [0.717, 1.165) is 15.6 Å². The van der Waals surface area contributed by atoms with Gasteiger partial charge in [-0.2, -0.15) is 5.10 Å². The average Bonchev–Trinajstić information content (AvgIpc) is 2.97. The van der Waals surface area contributed by atoms with Crippen LogP contribution in [-0.4, -0.2) is 35.4 Å². The predicted octanol–water partition coefficient (Wildman–Crippen LogP) is 3.18. The molecule has 3 aromatic rings. The number of carbonyl (C=O) groups excluding carboxylic acids is 1. The van der Waals surface area contributed by atoms with Gasteiger partial charge in [0, 0.05) is 10.0 Å². The van der Waals surface area contributed by atoms with Gasteiger partial charge in [-0.15, -0.1) is 0 Å². The van der Waals surface area contributed by atoms with Gasteiger partial charge < -0.3 is 9.47 Å². The first-order valence-corrected chi connectivity index (χ1v) is 7.20. The van der Waals surface area contributed by atoms with E-state index in [2.05, 4.69) is 31.1 Å². The number of H-pyrrole nitrogens is 1. The minimum absolute atomic E-state index is 0.180. The van der Waals surface area contributed by atoms with Crippen molar-refractivity contribution in [1.82, 2.24) is 15.2 Å². The number of aromatic nitrogens is 3. The van der Waals surface area contributed by atoms with Crippen molar-refractivity contribution in [2.45, 2.75) is 0 Å². The Bertz CT molecular complexity index is 860. The molecular weight excluding hydrogens is 350 g/mol. The second-order valence-electron chi connectivity index (χ2n) is 4.50. The number of hydrogen-bond acceptors (Lipinski definition) is 5. The molecule has 6 nitrogen and oxygen atoms in total. The van der Waals surface area contributed by atoms with Crippen LogP contribution in [0.5, 0.6) is 5.75 Å². The van der Waals surface area contributed by atoms with E-state index in [-0.39, 0.29) is 5.69 Å². The van der Waals surface area contributed by atoms with Crippen LogP contribution in [0.25, 0.3) is 22.2 Å². The summed E-state index contributed by atoms with van der Waals surface area (Å²) in [7, 11) is 2.87. The van der Waals surface area contributed by atoms with Crippen LogP contribution in [0.1, 0.15) is 10.5 Å². The molecule has 2 aromatic heterocycles. The first-order chi connectivity index (χ1) is 10.7. The number of esters is 1. The van der Waals surface area contributed by atoms with Crippen molar-refractivity contribution in [2.75, 3.05) is 14.2 Å². The van der Waals surface area contributed by atoms with E-state index in [1.165, 1.54) is 7.11 Å². The summed E-state index contributed by atoms with van der Waals surface area (Å²) in [6.45, 7) is 0. The number of fused-ring (bicyclic) bond motifs is 1. The summed E-state index contributed by atoms with van der Waals surface area (Å²) < 4.78 is 11.1. The fraction of sp³-hybridized carbons (Fsp3) is 0.133. The van der Waals surface area contributed by atoms with Gasteiger partial charge in [-0.3, -0.25) is 5.10 Å². The number of methoxy groups -OCH3 is 2. The molecule has 2 heterocycles. The van der Waals surface area contributed by atoms with Gasteiger partial charge in [0.25, 0.3) is 0 Å². The second-order valence-corrected chi connectivity index (χ2v) is 5.41. The van der Waals surface area contributed by atoms with E-state index in [1.807, 2.05) is 24.3 Å². The molecule has 0 bridgehead atoms. The Labute approximate surface area is 134 Å². The zero-order valence-corrected chi connectivity index (χ0v) is 13.5. The molecule has 0 spiro atoms. The highest BCUT2D eigenvalue weighted by molar-refractivity contribution is 9.10. The largest absolute Gasteiger partial charge is 0.494 e. The molecule has 3 rings (SSSR count). The lowest BCUT2D eigenvalue weighted by Crippen LogP contribution is -2.03. The van der Waals surface area contributed by atoms with Crippen molar-refractivity contribution < 1.29 is 14.3 Å². The summed E-state index contributed by atoms with van der Waals surface area (Å²) >= 11 is 3.45.